The minimum absolute atomic E-state index is 0.102. The van der Waals surface area contributed by atoms with Gasteiger partial charge in [0.25, 0.3) is 5.69 Å². The molecule has 6 nitrogen and oxygen atoms in total. The van der Waals surface area contributed by atoms with Crippen LogP contribution in [0.4, 0.5) is 5.69 Å². The smallest absolute Gasteiger partial charge is 0.270 e. The number of benzene rings is 3. The highest BCUT2D eigenvalue weighted by Crippen LogP contribution is 2.34. The topological polar surface area (TPSA) is 94.3 Å². The number of Topliss-reactive ketones (excluding diaryl/α,β-unsaturated/α-hetero) is 1. The summed E-state index contributed by atoms with van der Waals surface area (Å²) in [4.78, 5) is 23.5. The van der Waals surface area contributed by atoms with Gasteiger partial charge in [-0.2, -0.15) is 0 Å². The first-order chi connectivity index (χ1) is 14.2. The number of hydrogen-bond donors (Lipinski definition) is 0. The van der Waals surface area contributed by atoms with E-state index in [4.69, 9.17) is 0 Å². The first-order valence-electron chi connectivity index (χ1n) is 9.02. The quantitative estimate of drug-likeness (QED) is 0.250. The second kappa shape index (κ2) is 8.89. The van der Waals surface area contributed by atoms with Crippen molar-refractivity contribution in [2.75, 3.05) is 0 Å². The van der Waals surface area contributed by atoms with Crippen LogP contribution >= 0.6 is 15.9 Å². The highest BCUT2D eigenvalue weighted by Gasteiger charge is 2.32. The Balaban J connectivity index is 2.03. The maximum atomic E-state index is 13.4. The van der Waals surface area contributed by atoms with E-state index in [-0.39, 0.29) is 22.6 Å². The van der Waals surface area contributed by atoms with Crippen LogP contribution in [0.5, 0.6) is 0 Å². The molecule has 0 radical (unpaired) electrons. The Morgan fingerprint density at radius 1 is 1.03 bits per heavy atom. The van der Waals surface area contributed by atoms with E-state index in [1.54, 1.807) is 36.4 Å². The van der Waals surface area contributed by atoms with Crippen LogP contribution in [0.3, 0.4) is 0 Å². The number of nitro benzene ring substituents is 1. The Bertz CT molecular complexity index is 1190. The van der Waals surface area contributed by atoms with Gasteiger partial charge in [0.15, 0.2) is 15.6 Å². The highest BCUT2D eigenvalue weighted by molar-refractivity contribution is 9.10. The number of non-ortho nitro benzene ring substituents is 1. The Morgan fingerprint density at radius 3 is 2.27 bits per heavy atom. The molecule has 0 saturated heterocycles. The third kappa shape index (κ3) is 4.83. The zero-order valence-electron chi connectivity index (χ0n) is 16.0. The summed E-state index contributed by atoms with van der Waals surface area (Å²) in [5.41, 5.74) is 1.27. The number of nitrogens with zero attached hydrogens (tertiary/aromatic N) is 1. The molecule has 1 atom stereocenters. The van der Waals surface area contributed by atoms with Crippen molar-refractivity contribution in [3.63, 3.8) is 0 Å². The van der Waals surface area contributed by atoms with E-state index in [0.29, 0.717) is 5.56 Å². The molecule has 0 unspecified atom stereocenters. The number of ketones is 1. The van der Waals surface area contributed by atoms with Crippen molar-refractivity contribution < 1.29 is 18.1 Å². The van der Waals surface area contributed by atoms with Crippen LogP contribution in [-0.4, -0.2) is 19.1 Å². The average Bonchev–Trinajstić information content (AvgIpc) is 2.73. The van der Waals surface area contributed by atoms with Crippen LogP contribution in [0.25, 0.3) is 0 Å². The number of hydrogen-bond acceptors (Lipinski definition) is 5. The zero-order chi connectivity index (χ0) is 21.9. The average molecular weight is 488 g/mol. The largest absolute Gasteiger partial charge is 0.294 e. The molecular weight excluding hydrogens is 470 g/mol. The Morgan fingerprint density at radius 2 is 1.67 bits per heavy atom. The number of sulfone groups is 1. The molecule has 3 aromatic carbocycles. The molecule has 3 rings (SSSR count). The van der Waals surface area contributed by atoms with E-state index in [1.165, 1.54) is 36.4 Å². The fraction of sp³-hybridized carbons (Fsp3) is 0.136. The Labute approximate surface area is 182 Å². The fourth-order valence-electron chi connectivity index (χ4n) is 3.06. The molecule has 0 aliphatic rings. The molecule has 3 aromatic rings. The van der Waals surface area contributed by atoms with Gasteiger partial charge in [-0.25, -0.2) is 8.42 Å². The fourth-order valence-corrected chi connectivity index (χ4v) is 5.05. The van der Waals surface area contributed by atoms with Gasteiger partial charge in [-0.05, 0) is 36.8 Å². The summed E-state index contributed by atoms with van der Waals surface area (Å²) in [7, 11) is -3.88. The number of nitro groups is 1. The van der Waals surface area contributed by atoms with Gasteiger partial charge in [0.1, 0.15) is 0 Å². The molecule has 0 heterocycles. The van der Waals surface area contributed by atoms with Crippen molar-refractivity contribution >= 4 is 37.2 Å². The molecule has 0 fully saturated rings. The molecule has 0 aromatic heterocycles. The van der Waals surface area contributed by atoms with E-state index < -0.39 is 25.8 Å². The summed E-state index contributed by atoms with van der Waals surface area (Å²) < 4.78 is 27.6. The molecule has 0 aliphatic carbocycles. The third-order valence-electron chi connectivity index (χ3n) is 4.72. The monoisotopic (exact) mass is 487 g/mol. The maximum Gasteiger partial charge on any atom is 0.270 e. The molecule has 0 aliphatic heterocycles. The lowest BCUT2D eigenvalue weighted by Gasteiger charge is -2.18. The highest BCUT2D eigenvalue weighted by atomic mass is 79.9. The third-order valence-corrected chi connectivity index (χ3v) is 7.36. The van der Waals surface area contributed by atoms with Crippen LogP contribution in [-0.2, 0) is 9.84 Å². The normalized spacial score (nSPS) is 12.3. The van der Waals surface area contributed by atoms with Crippen molar-refractivity contribution in [2.45, 2.75) is 23.5 Å². The van der Waals surface area contributed by atoms with Gasteiger partial charge >= 0.3 is 0 Å². The molecule has 0 spiro atoms. The van der Waals surface area contributed by atoms with Gasteiger partial charge in [-0.1, -0.05) is 57.9 Å². The Hall–Kier alpha value is -2.84. The summed E-state index contributed by atoms with van der Waals surface area (Å²) in [6.45, 7) is 1.86. The molecule has 30 heavy (non-hydrogen) atoms. The maximum absolute atomic E-state index is 13.4. The molecule has 154 valence electrons. The van der Waals surface area contributed by atoms with E-state index in [9.17, 15) is 23.3 Å². The predicted molar refractivity (Wildman–Crippen MR) is 117 cm³/mol. The summed E-state index contributed by atoms with van der Waals surface area (Å²) in [5.74, 6) is -0.484. The minimum Gasteiger partial charge on any atom is -0.294 e. The standard InChI is InChI=1S/C22H18BrNO5S/c1-15-5-11-20(12-6-15)30(28,29)22(16-7-9-18(23)10-8-16)14-21(25)17-3-2-4-19(13-17)24(26)27/h2-13,22H,14H2,1H3/t22-/m1/s1. The number of aryl methyl sites for hydroxylation is 1. The molecule has 0 N–H and O–H groups in total. The molecule has 0 amide bonds. The molecule has 8 heteroatoms. The van der Waals surface area contributed by atoms with Crippen LogP contribution in [0.15, 0.2) is 82.2 Å². The van der Waals surface area contributed by atoms with Crippen molar-refractivity contribution in [1.82, 2.24) is 0 Å². The van der Waals surface area contributed by atoms with E-state index in [0.717, 1.165) is 10.0 Å². The van der Waals surface area contributed by atoms with Crippen molar-refractivity contribution in [3.05, 3.63) is 104 Å². The lowest BCUT2D eigenvalue weighted by Crippen LogP contribution is -2.18. The van der Waals surface area contributed by atoms with Crippen molar-refractivity contribution in [3.8, 4) is 0 Å². The van der Waals surface area contributed by atoms with E-state index in [2.05, 4.69) is 15.9 Å². The van der Waals surface area contributed by atoms with Gasteiger partial charge in [0.2, 0.25) is 0 Å². The lowest BCUT2D eigenvalue weighted by atomic mass is 10.0. The lowest BCUT2D eigenvalue weighted by molar-refractivity contribution is -0.384. The SMILES string of the molecule is Cc1ccc(S(=O)(=O)[C@H](CC(=O)c2cccc([N+](=O)[O-])c2)c2ccc(Br)cc2)cc1. The van der Waals surface area contributed by atoms with Gasteiger partial charge in [-0.15, -0.1) is 0 Å². The van der Waals surface area contributed by atoms with Gasteiger partial charge < -0.3 is 0 Å². The molecular formula is C22H18BrNO5S. The second-order valence-corrected chi connectivity index (χ2v) is 9.88. The molecule has 0 saturated carbocycles. The second-order valence-electron chi connectivity index (χ2n) is 6.83. The van der Waals surface area contributed by atoms with Crippen molar-refractivity contribution in [2.24, 2.45) is 0 Å². The van der Waals surface area contributed by atoms with E-state index in [1.807, 2.05) is 6.92 Å². The number of carbonyl (C=O) groups excluding carboxylic acids is 1. The van der Waals surface area contributed by atoms with Crippen LogP contribution < -0.4 is 0 Å². The zero-order valence-corrected chi connectivity index (χ0v) is 18.4. The summed E-state index contributed by atoms with van der Waals surface area (Å²) >= 11 is 3.33. The first-order valence-corrected chi connectivity index (χ1v) is 11.4. The van der Waals surface area contributed by atoms with Crippen LogP contribution in [0.2, 0.25) is 0 Å². The minimum atomic E-state index is -3.88. The van der Waals surface area contributed by atoms with Crippen molar-refractivity contribution in [1.29, 1.82) is 0 Å². The van der Waals surface area contributed by atoms with Gasteiger partial charge in [0, 0.05) is 28.6 Å². The van der Waals surface area contributed by atoms with Crippen LogP contribution in [0, 0.1) is 17.0 Å². The number of carbonyl (C=O) groups is 1. The summed E-state index contributed by atoms with van der Waals surface area (Å²) in [5, 5.41) is 9.89. The summed E-state index contributed by atoms with van der Waals surface area (Å²) in [6.07, 6.45) is -0.334. The molecule has 0 bridgehead atoms. The summed E-state index contributed by atoms with van der Waals surface area (Å²) in [6, 6.07) is 18.5. The van der Waals surface area contributed by atoms with E-state index >= 15 is 0 Å². The predicted octanol–water partition coefficient (Wildman–Crippen LogP) is 5.45. The first kappa shape index (κ1) is 21.9. The van der Waals surface area contributed by atoms with Crippen LogP contribution in [0.1, 0.15) is 33.2 Å². The van der Waals surface area contributed by atoms with Gasteiger partial charge in [0.05, 0.1) is 15.1 Å². The number of rotatable bonds is 7. The number of halogens is 1. The Kier molecular flexibility index (Phi) is 6.48. The van der Waals surface area contributed by atoms with Gasteiger partial charge in [-0.3, -0.25) is 14.9 Å².